The molecule has 0 radical (unpaired) electrons. The summed E-state index contributed by atoms with van der Waals surface area (Å²) >= 11 is 4.08. The molecule has 0 aliphatic heterocycles. The van der Waals surface area contributed by atoms with Crippen LogP contribution in [0.1, 0.15) is 29.2 Å². The number of benzene rings is 1. The number of thiazole rings is 1. The summed E-state index contributed by atoms with van der Waals surface area (Å²) in [6, 6.07) is 9.07. The maximum atomic E-state index is 4.47. The fraction of sp³-hybridized carbons (Fsp3) is 0.357. The van der Waals surface area contributed by atoms with Gasteiger partial charge in [0, 0.05) is 33.7 Å². The van der Waals surface area contributed by atoms with Crippen molar-refractivity contribution >= 4 is 33.9 Å². The minimum atomic E-state index is 0.392. The monoisotopic (exact) mass is 372 g/mol. The van der Waals surface area contributed by atoms with E-state index in [2.05, 4.69) is 69.5 Å². The first-order valence-electron chi connectivity index (χ1n) is 6.05. The molecular formula is C14H17IN2S. The molecule has 0 bridgehead atoms. The third-order valence-electron chi connectivity index (χ3n) is 2.83. The predicted octanol–water partition coefficient (Wildman–Crippen LogP) is 3.95. The van der Waals surface area contributed by atoms with E-state index in [9.17, 15) is 0 Å². The molecule has 1 unspecified atom stereocenters. The Balaban J connectivity index is 1.81. The van der Waals surface area contributed by atoms with Gasteiger partial charge in [-0.2, -0.15) is 0 Å². The van der Waals surface area contributed by atoms with Crippen LogP contribution in [0.3, 0.4) is 0 Å². The van der Waals surface area contributed by atoms with E-state index in [0.29, 0.717) is 6.04 Å². The molecule has 96 valence electrons. The number of nitrogens with zero attached hydrogens (tertiary/aromatic N) is 1. The van der Waals surface area contributed by atoms with Crippen LogP contribution in [0.5, 0.6) is 0 Å². The molecule has 0 saturated heterocycles. The van der Waals surface area contributed by atoms with Crippen LogP contribution in [0.25, 0.3) is 0 Å². The number of hydrogen-bond acceptors (Lipinski definition) is 3. The zero-order chi connectivity index (χ0) is 13.0. The molecular weight excluding hydrogens is 355 g/mol. The van der Waals surface area contributed by atoms with Crippen LogP contribution in [0.2, 0.25) is 0 Å². The molecule has 1 atom stereocenters. The fourth-order valence-corrected chi connectivity index (χ4v) is 2.92. The van der Waals surface area contributed by atoms with Crippen molar-refractivity contribution in [1.29, 1.82) is 0 Å². The Morgan fingerprint density at radius 3 is 2.67 bits per heavy atom. The third-order valence-corrected chi connectivity index (χ3v) is 4.57. The second-order valence-corrected chi connectivity index (χ2v) is 6.55. The summed E-state index contributed by atoms with van der Waals surface area (Å²) in [5, 5.41) is 6.87. The zero-order valence-corrected chi connectivity index (χ0v) is 13.6. The molecule has 1 heterocycles. The average molecular weight is 372 g/mol. The maximum Gasteiger partial charge on any atom is 0.0940 e. The summed E-state index contributed by atoms with van der Waals surface area (Å²) in [6.07, 6.45) is 1.01. The van der Waals surface area contributed by atoms with Gasteiger partial charge in [0.05, 0.1) is 5.01 Å². The Kier molecular flexibility index (Phi) is 5.14. The van der Waals surface area contributed by atoms with Gasteiger partial charge in [0.15, 0.2) is 0 Å². The zero-order valence-electron chi connectivity index (χ0n) is 10.6. The lowest BCUT2D eigenvalue weighted by atomic mass is 10.1. The van der Waals surface area contributed by atoms with Gasteiger partial charge < -0.3 is 5.32 Å². The van der Waals surface area contributed by atoms with E-state index in [1.807, 2.05) is 6.92 Å². The van der Waals surface area contributed by atoms with Crippen molar-refractivity contribution in [3.63, 3.8) is 0 Å². The number of rotatable bonds is 5. The van der Waals surface area contributed by atoms with Crippen LogP contribution in [-0.2, 0) is 6.42 Å². The van der Waals surface area contributed by atoms with Crippen LogP contribution in [0.15, 0.2) is 29.6 Å². The summed E-state index contributed by atoms with van der Waals surface area (Å²) in [6.45, 7) is 5.22. The van der Waals surface area contributed by atoms with Crippen LogP contribution in [0.4, 0.5) is 0 Å². The molecule has 0 amide bonds. The molecule has 1 aromatic heterocycles. The van der Waals surface area contributed by atoms with E-state index in [1.165, 1.54) is 14.1 Å². The van der Waals surface area contributed by atoms with Crippen LogP contribution >= 0.6 is 33.9 Å². The van der Waals surface area contributed by atoms with Crippen molar-refractivity contribution in [2.75, 3.05) is 6.54 Å². The van der Waals surface area contributed by atoms with Crippen molar-refractivity contribution in [3.05, 3.63) is 49.5 Å². The lowest BCUT2D eigenvalue weighted by Crippen LogP contribution is -2.21. The smallest absolute Gasteiger partial charge is 0.0940 e. The molecule has 1 N–H and O–H groups in total. The molecule has 0 aliphatic carbocycles. The first-order chi connectivity index (χ1) is 8.65. The van der Waals surface area contributed by atoms with E-state index in [4.69, 9.17) is 0 Å². The largest absolute Gasteiger partial charge is 0.310 e. The number of halogens is 1. The topological polar surface area (TPSA) is 24.9 Å². The van der Waals surface area contributed by atoms with E-state index in [-0.39, 0.29) is 0 Å². The van der Waals surface area contributed by atoms with Crippen molar-refractivity contribution in [2.45, 2.75) is 26.3 Å². The lowest BCUT2D eigenvalue weighted by Gasteiger charge is -2.13. The molecule has 2 nitrogen and oxygen atoms in total. The molecule has 1 aromatic carbocycles. The Morgan fingerprint density at radius 2 is 2.06 bits per heavy atom. The summed E-state index contributed by atoms with van der Waals surface area (Å²) in [5.74, 6) is 0. The minimum absolute atomic E-state index is 0.392. The highest BCUT2D eigenvalue weighted by atomic mass is 127. The second kappa shape index (κ2) is 6.63. The molecule has 0 saturated carbocycles. The Hall–Kier alpha value is -0.460. The number of aromatic nitrogens is 1. The summed E-state index contributed by atoms with van der Waals surface area (Å²) in [7, 11) is 0. The van der Waals surface area contributed by atoms with Gasteiger partial charge in [-0.25, -0.2) is 4.98 Å². The van der Waals surface area contributed by atoms with Crippen LogP contribution in [0, 0.1) is 10.5 Å². The summed E-state index contributed by atoms with van der Waals surface area (Å²) in [4.78, 5) is 4.47. The van der Waals surface area contributed by atoms with Crippen molar-refractivity contribution in [2.24, 2.45) is 0 Å². The van der Waals surface area contributed by atoms with Gasteiger partial charge >= 0.3 is 0 Å². The molecule has 0 aliphatic rings. The van der Waals surface area contributed by atoms with Gasteiger partial charge in [-0.1, -0.05) is 12.1 Å². The first kappa shape index (κ1) is 14.0. The van der Waals surface area contributed by atoms with Crippen LogP contribution in [-0.4, -0.2) is 11.5 Å². The number of nitrogens with one attached hydrogen (secondary N) is 1. The van der Waals surface area contributed by atoms with Gasteiger partial charge in [-0.3, -0.25) is 0 Å². The average Bonchev–Trinajstić information content (AvgIpc) is 2.76. The second-order valence-electron chi connectivity index (χ2n) is 4.36. The Bertz CT molecular complexity index is 493. The van der Waals surface area contributed by atoms with E-state index in [0.717, 1.165) is 18.7 Å². The molecule has 2 aromatic rings. The Morgan fingerprint density at radius 1 is 1.33 bits per heavy atom. The SMILES string of the molecule is Cc1csc(CCNC(C)c2ccc(I)cc2)n1. The Labute approximate surface area is 126 Å². The van der Waals surface area contributed by atoms with Gasteiger partial charge in [0.25, 0.3) is 0 Å². The number of hydrogen-bond donors (Lipinski definition) is 1. The highest BCUT2D eigenvalue weighted by Crippen LogP contribution is 2.15. The van der Waals surface area contributed by atoms with Gasteiger partial charge in [-0.15, -0.1) is 11.3 Å². The number of aryl methyl sites for hydroxylation is 1. The van der Waals surface area contributed by atoms with Gasteiger partial charge in [-0.05, 0) is 54.1 Å². The normalized spacial score (nSPS) is 12.6. The van der Waals surface area contributed by atoms with E-state index >= 15 is 0 Å². The first-order valence-corrected chi connectivity index (χ1v) is 8.01. The predicted molar refractivity (Wildman–Crippen MR) is 86.1 cm³/mol. The molecule has 0 fully saturated rings. The van der Waals surface area contributed by atoms with Gasteiger partial charge in [0.2, 0.25) is 0 Å². The van der Waals surface area contributed by atoms with Crippen molar-refractivity contribution in [3.8, 4) is 0 Å². The van der Waals surface area contributed by atoms with Crippen molar-refractivity contribution < 1.29 is 0 Å². The maximum absolute atomic E-state index is 4.47. The van der Waals surface area contributed by atoms with E-state index in [1.54, 1.807) is 11.3 Å². The van der Waals surface area contributed by atoms with Crippen molar-refractivity contribution in [1.82, 2.24) is 10.3 Å². The molecule has 0 spiro atoms. The quantitative estimate of drug-likeness (QED) is 0.804. The molecule has 18 heavy (non-hydrogen) atoms. The highest BCUT2D eigenvalue weighted by Gasteiger charge is 2.05. The fourth-order valence-electron chi connectivity index (χ4n) is 1.78. The third kappa shape index (κ3) is 4.03. The van der Waals surface area contributed by atoms with E-state index < -0.39 is 0 Å². The lowest BCUT2D eigenvalue weighted by molar-refractivity contribution is 0.576. The van der Waals surface area contributed by atoms with Crippen LogP contribution < -0.4 is 5.32 Å². The molecule has 4 heteroatoms. The standard InChI is InChI=1S/C14H17IN2S/c1-10-9-18-14(17-10)7-8-16-11(2)12-3-5-13(15)6-4-12/h3-6,9,11,16H,7-8H2,1-2H3. The molecule has 2 rings (SSSR count). The summed E-state index contributed by atoms with van der Waals surface area (Å²) in [5.41, 5.74) is 2.46. The minimum Gasteiger partial charge on any atom is -0.310 e. The highest BCUT2D eigenvalue weighted by molar-refractivity contribution is 14.1. The summed E-state index contributed by atoms with van der Waals surface area (Å²) < 4.78 is 1.28. The van der Waals surface area contributed by atoms with Gasteiger partial charge in [0.1, 0.15) is 0 Å².